The first-order chi connectivity index (χ1) is 31.8. The largest absolute Gasteiger partial charge is 0.462 e. The van der Waals surface area contributed by atoms with E-state index in [9.17, 15) is 24.6 Å². The van der Waals surface area contributed by atoms with Crippen LogP contribution in [-0.4, -0.2) is 59.6 Å². The van der Waals surface area contributed by atoms with Gasteiger partial charge in [-0.25, -0.2) is 0 Å². The van der Waals surface area contributed by atoms with E-state index in [1.165, 1.54) is 64.2 Å². The van der Waals surface area contributed by atoms with Crippen LogP contribution < -0.4 is 0 Å². The van der Waals surface area contributed by atoms with Gasteiger partial charge in [-0.1, -0.05) is 191 Å². The molecule has 2 N–H and O–H groups in total. The Morgan fingerprint density at radius 2 is 0.708 bits per heavy atom. The Bertz CT molecular complexity index is 1120. The van der Waals surface area contributed by atoms with Crippen molar-refractivity contribution in [1.29, 1.82) is 0 Å². The van der Waals surface area contributed by atoms with Crippen LogP contribution in [0.1, 0.15) is 265 Å². The third-order valence-corrected chi connectivity index (χ3v) is 11.9. The molecule has 0 saturated heterocycles. The molecule has 0 spiro atoms. The van der Waals surface area contributed by atoms with Gasteiger partial charge >= 0.3 is 17.9 Å². The summed E-state index contributed by atoms with van der Waals surface area (Å²) in [6.45, 7) is 6.39. The van der Waals surface area contributed by atoms with Crippen molar-refractivity contribution in [3.63, 3.8) is 0 Å². The summed E-state index contributed by atoms with van der Waals surface area (Å²) in [7, 11) is 0. The second kappa shape index (κ2) is 50.7. The predicted octanol–water partition coefficient (Wildman–Crippen LogP) is 15.8. The minimum absolute atomic E-state index is 0.119. The van der Waals surface area contributed by atoms with Crippen molar-refractivity contribution < 1.29 is 38.8 Å². The monoisotopic (exact) mass is 915 g/mol. The highest BCUT2D eigenvalue weighted by Crippen LogP contribution is 2.15. The van der Waals surface area contributed by atoms with Gasteiger partial charge in [-0.2, -0.15) is 0 Å². The third-order valence-electron chi connectivity index (χ3n) is 11.9. The number of carbonyl (C=O) groups is 3. The second-order valence-electron chi connectivity index (χ2n) is 18.5. The van der Waals surface area contributed by atoms with E-state index in [-0.39, 0.29) is 49.8 Å². The molecule has 0 saturated carbocycles. The molecule has 0 heterocycles. The van der Waals surface area contributed by atoms with Crippen molar-refractivity contribution >= 4 is 17.9 Å². The van der Waals surface area contributed by atoms with Gasteiger partial charge in [0, 0.05) is 19.3 Å². The first-order valence-electron chi connectivity index (χ1n) is 27.3. The SMILES string of the molecule is CCCCCC=CCC=CCCCCCCCC(=O)OC(COC(=O)CCCCCCCC=CC[C@H](O)CCCCCC)COC(=O)CCCCCCCC=CC[C@H](O)CCCCCC. The Hall–Kier alpha value is -2.71. The topological polar surface area (TPSA) is 119 Å². The highest BCUT2D eigenvalue weighted by atomic mass is 16.6. The van der Waals surface area contributed by atoms with Crippen LogP contribution in [0.15, 0.2) is 48.6 Å². The van der Waals surface area contributed by atoms with Crippen molar-refractivity contribution in [2.45, 2.75) is 283 Å². The first-order valence-corrected chi connectivity index (χ1v) is 27.3. The summed E-state index contributed by atoms with van der Waals surface area (Å²) in [4.78, 5) is 38.1. The number of carbonyl (C=O) groups excluding carboxylic acids is 3. The van der Waals surface area contributed by atoms with Crippen molar-refractivity contribution in [2.75, 3.05) is 13.2 Å². The first kappa shape index (κ1) is 62.3. The number of aliphatic hydroxyl groups is 2. The Kier molecular flexibility index (Phi) is 48.6. The van der Waals surface area contributed by atoms with Crippen LogP contribution in [0.25, 0.3) is 0 Å². The zero-order chi connectivity index (χ0) is 47.5. The van der Waals surface area contributed by atoms with Crippen LogP contribution in [0.5, 0.6) is 0 Å². The van der Waals surface area contributed by atoms with Gasteiger partial charge in [0.05, 0.1) is 12.2 Å². The second-order valence-corrected chi connectivity index (χ2v) is 18.5. The van der Waals surface area contributed by atoms with Gasteiger partial charge < -0.3 is 24.4 Å². The van der Waals surface area contributed by atoms with Crippen LogP contribution in [0.2, 0.25) is 0 Å². The standard InChI is InChI=1S/C57H102O8/c1-4-7-10-13-14-15-16-17-18-19-20-21-30-35-42-49-57(62)65-54(50-63-55(60)47-40-33-28-24-22-26-31-38-45-52(58)43-36-11-8-5-2)51-64-56(61)48-41-34-29-25-23-27-32-39-46-53(59)44-37-12-9-6-3/h14-15,17-18,31-32,38-39,52-54,58-59H,4-13,16,19-30,33-37,40-51H2,1-3H3/t52-,53-,54?/m1/s1. The summed E-state index contributed by atoms with van der Waals surface area (Å²) >= 11 is 0. The fourth-order valence-corrected chi connectivity index (χ4v) is 7.67. The number of rotatable bonds is 49. The summed E-state index contributed by atoms with van der Waals surface area (Å²) in [5.74, 6) is -1.00. The quantitative estimate of drug-likeness (QED) is 0.0268. The van der Waals surface area contributed by atoms with Gasteiger partial charge in [-0.05, 0) is 103 Å². The van der Waals surface area contributed by atoms with Gasteiger partial charge in [0.25, 0.3) is 0 Å². The number of hydrogen-bond donors (Lipinski definition) is 2. The van der Waals surface area contributed by atoms with Crippen molar-refractivity contribution in [2.24, 2.45) is 0 Å². The molecule has 0 rings (SSSR count). The fourth-order valence-electron chi connectivity index (χ4n) is 7.67. The average molecular weight is 915 g/mol. The lowest BCUT2D eigenvalue weighted by atomic mass is 10.1. The summed E-state index contributed by atoms with van der Waals surface area (Å²) < 4.78 is 16.8. The Morgan fingerprint density at radius 1 is 0.385 bits per heavy atom. The molecule has 0 amide bonds. The number of allylic oxidation sites excluding steroid dienone is 6. The molecule has 0 bridgehead atoms. The summed E-state index contributed by atoms with van der Waals surface area (Å²) in [6, 6.07) is 0. The third kappa shape index (κ3) is 49.0. The number of hydrogen-bond acceptors (Lipinski definition) is 8. The smallest absolute Gasteiger partial charge is 0.306 e. The molecule has 0 aliphatic heterocycles. The minimum atomic E-state index is -0.821. The Balaban J connectivity index is 4.49. The molecule has 2 atom stereocenters. The zero-order valence-corrected chi connectivity index (χ0v) is 42.5. The molecule has 0 aromatic rings. The number of esters is 3. The normalized spacial score (nSPS) is 13.4. The maximum atomic E-state index is 12.8. The Labute approximate surface area is 400 Å². The van der Waals surface area contributed by atoms with Gasteiger partial charge in [0.15, 0.2) is 6.10 Å². The summed E-state index contributed by atoms with van der Waals surface area (Å²) in [6.07, 6.45) is 54.1. The van der Waals surface area contributed by atoms with Gasteiger partial charge in [0.1, 0.15) is 13.2 Å². The van der Waals surface area contributed by atoms with E-state index in [2.05, 4.69) is 69.4 Å². The number of aliphatic hydroxyl groups excluding tert-OH is 2. The van der Waals surface area contributed by atoms with Crippen LogP contribution in [-0.2, 0) is 28.6 Å². The summed E-state index contributed by atoms with van der Waals surface area (Å²) in [5, 5.41) is 20.2. The van der Waals surface area contributed by atoms with E-state index in [1.54, 1.807) is 0 Å². The van der Waals surface area contributed by atoms with E-state index in [0.717, 1.165) is 161 Å². The van der Waals surface area contributed by atoms with Crippen LogP contribution in [0.4, 0.5) is 0 Å². The van der Waals surface area contributed by atoms with E-state index in [1.807, 2.05) is 0 Å². The van der Waals surface area contributed by atoms with Crippen LogP contribution in [0, 0.1) is 0 Å². The molecule has 8 heteroatoms. The minimum Gasteiger partial charge on any atom is -0.462 e. The molecule has 0 fully saturated rings. The van der Waals surface area contributed by atoms with Crippen molar-refractivity contribution in [3.05, 3.63) is 48.6 Å². The Morgan fingerprint density at radius 3 is 1.12 bits per heavy atom. The molecule has 0 unspecified atom stereocenters. The van der Waals surface area contributed by atoms with Gasteiger partial charge in [-0.15, -0.1) is 0 Å². The lowest BCUT2D eigenvalue weighted by Crippen LogP contribution is -2.30. The van der Waals surface area contributed by atoms with Crippen molar-refractivity contribution in [1.82, 2.24) is 0 Å². The molecule has 378 valence electrons. The van der Waals surface area contributed by atoms with E-state index in [0.29, 0.717) is 12.8 Å². The van der Waals surface area contributed by atoms with Crippen LogP contribution in [0.3, 0.4) is 0 Å². The molecule has 0 aromatic heterocycles. The van der Waals surface area contributed by atoms with Gasteiger partial charge in [-0.3, -0.25) is 14.4 Å². The highest BCUT2D eigenvalue weighted by Gasteiger charge is 2.19. The molecule has 0 aliphatic carbocycles. The highest BCUT2D eigenvalue weighted by molar-refractivity contribution is 5.71. The average Bonchev–Trinajstić information content (AvgIpc) is 3.30. The van der Waals surface area contributed by atoms with E-state index >= 15 is 0 Å². The predicted molar refractivity (Wildman–Crippen MR) is 273 cm³/mol. The summed E-state index contributed by atoms with van der Waals surface area (Å²) in [5.41, 5.74) is 0. The lowest BCUT2D eigenvalue weighted by molar-refractivity contribution is -0.167. The van der Waals surface area contributed by atoms with Gasteiger partial charge in [0.2, 0.25) is 0 Å². The number of unbranched alkanes of at least 4 members (excludes halogenated alkanes) is 24. The molecule has 0 aromatic carbocycles. The lowest BCUT2D eigenvalue weighted by Gasteiger charge is -2.18. The molecule has 0 radical (unpaired) electrons. The van der Waals surface area contributed by atoms with Crippen molar-refractivity contribution in [3.8, 4) is 0 Å². The molecular weight excluding hydrogens is 813 g/mol. The maximum Gasteiger partial charge on any atom is 0.306 e. The zero-order valence-electron chi connectivity index (χ0n) is 42.5. The van der Waals surface area contributed by atoms with Crippen LogP contribution >= 0.6 is 0 Å². The van der Waals surface area contributed by atoms with E-state index in [4.69, 9.17) is 14.2 Å². The fraction of sp³-hybridized carbons (Fsp3) is 0.807. The molecule has 0 aliphatic rings. The molecule has 8 nitrogen and oxygen atoms in total. The molecular formula is C57H102O8. The van der Waals surface area contributed by atoms with E-state index < -0.39 is 6.10 Å². The molecule has 65 heavy (non-hydrogen) atoms. The maximum absolute atomic E-state index is 12.8. The number of ether oxygens (including phenoxy) is 3.